The molecule has 1 saturated heterocycles. The van der Waals surface area contributed by atoms with Gasteiger partial charge >= 0.3 is 59.1 Å². The van der Waals surface area contributed by atoms with Crippen molar-refractivity contribution < 1.29 is 102 Å². The average molecular weight is 576 g/mol. The molecular weight excluding hydrogens is 553 g/mol. The first-order valence-electron chi connectivity index (χ1n) is 11.1. The number of rotatable bonds is 8. The Balaban J connectivity index is 0.00000267. The second-order valence-electron chi connectivity index (χ2n) is 8.06. The number of phosphoric ester groups is 1. The topological polar surface area (TPSA) is 166 Å². The molecule has 39 heavy (non-hydrogen) atoms. The quantitative estimate of drug-likeness (QED) is 0.109. The molecule has 196 valence electrons. The Bertz CT molecular complexity index is 1390. The number of carbonyl (C=O) groups is 3. The summed E-state index contributed by atoms with van der Waals surface area (Å²) in [6.07, 6.45) is 2.47. The number of amides is 2. The van der Waals surface area contributed by atoms with Crippen LogP contribution in [-0.4, -0.2) is 77.3 Å². The van der Waals surface area contributed by atoms with Crippen molar-refractivity contribution in [2.45, 2.75) is 6.73 Å². The molecule has 2 aromatic heterocycles. The number of ether oxygens (including phenoxy) is 2. The van der Waals surface area contributed by atoms with Gasteiger partial charge in [0.2, 0.25) is 5.88 Å². The number of fused-ring (bicyclic) bond motifs is 1. The van der Waals surface area contributed by atoms with Gasteiger partial charge in [0.1, 0.15) is 18.0 Å². The summed E-state index contributed by atoms with van der Waals surface area (Å²) < 4.78 is 27.1. The van der Waals surface area contributed by atoms with E-state index >= 15 is 0 Å². The Hall–Kier alpha value is -1.77. The van der Waals surface area contributed by atoms with E-state index in [1.54, 1.807) is 29.2 Å². The fraction of sp³-hybridized carbons (Fsp3) is 0.304. The predicted molar refractivity (Wildman–Crippen MR) is 125 cm³/mol. The molecule has 1 aliphatic rings. The van der Waals surface area contributed by atoms with Crippen LogP contribution in [0.4, 0.5) is 0 Å². The fourth-order valence-corrected chi connectivity index (χ4v) is 4.39. The van der Waals surface area contributed by atoms with E-state index < -0.39 is 26.2 Å². The number of piperazine rings is 1. The molecule has 16 heteroatoms. The van der Waals surface area contributed by atoms with Crippen molar-refractivity contribution in [3.8, 4) is 11.6 Å². The van der Waals surface area contributed by atoms with Gasteiger partial charge in [0.05, 0.1) is 39.2 Å². The van der Waals surface area contributed by atoms with Gasteiger partial charge in [0.15, 0.2) is 0 Å². The largest absolute Gasteiger partial charge is 1.00 e. The third-order valence-electron chi connectivity index (χ3n) is 5.91. The number of carbonyl (C=O) groups excluding carboxylic acids is 3. The molecule has 2 amide bonds. The first-order chi connectivity index (χ1) is 17.6. The third kappa shape index (κ3) is 7.50. The van der Waals surface area contributed by atoms with E-state index in [-0.39, 0.29) is 119 Å². The van der Waals surface area contributed by atoms with Gasteiger partial charge in [-0.15, -0.1) is 0 Å². The van der Waals surface area contributed by atoms with Crippen molar-refractivity contribution in [1.82, 2.24) is 19.4 Å². The number of pyridine rings is 1. The second-order valence-corrected chi connectivity index (χ2v) is 9.21. The monoisotopic (exact) mass is 576 g/mol. The Kier molecular flexibility index (Phi) is 12.2. The van der Waals surface area contributed by atoms with Crippen molar-refractivity contribution >= 4 is 36.3 Å². The maximum absolute atomic E-state index is 13.4. The normalized spacial score (nSPS) is 13.3. The summed E-state index contributed by atoms with van der Waals surface area (Å²) in [5, 5.41) is 0.140. The summed E-state index contributed by atoms with van der Waals surface area (Å²) in [4.78, 5) is 68.3. The van der Waals surface area contributed by atoms with Crippen molar-refractivity contribution in [3.05, 3.63) is 53.9 Å². The van der Waals surface area contributed by atoms with E-state index in [2.05, 4.69) is 9.51 Å². The summed E-state index contributed by atoms with van der Waals surface area (Å²) in [7, 11) is -2.71. The molecule has 1 fully saturated rings. The predicted octanol–water partition coefficient (Wildman–Crippen LogP) is -5.97. The molecular formula is C23H23N4Na2O9P. The smallest absolute Gasteiger partial charge is 0.790 e. The molecule has 1 aromatic carbocycles. The van der Waals surface area contributed by atoms with Gasteiger partial charge in [-0.3, -0.25) is 14.4 Å². The Morgan fingerprint density at radius 1 is 0.974 bits per heavy atom. The van der Waals surface area contributed by atoms with E-state index in [0.717, 1.165) is 4.57 Å². The molecule has 0 aliphatic carbocycles. The minimum atomic E-state index is -5.35. The van der Waals surface area contributed by atoms with Gasteiger partial charge in [0.25, 0.3) is 17.6 Å². The summed E-state index contributed by atoms with van der Waals surface area (Å²) in [5.74, 6) is -1.77. The van der Waals surface area contributed by atoms with Crippen LogP contribution in [0.1, 0.15) is 20.7 Å². The van der Waals surface area contributed by atoms with Crippen molar-refractivity contribution in [2.24, 2.45) is 0 Å². The van der Waals surface area contributed by atoms with E-state index in [0.29, 0.717) is 5.56 Å². The molecule has 1 aliphatic heterocycles. The Morgan fingerprint density at radius 3 is 2.15 bits per heavy atom. The molecule has 4 rings (SSSR count). The number of hydrogen-bond acceptors (Lipinski definition) is 10. The van der Waals surface area contributed by atoms with Crippen LogP contribution in [-0.2, 0) is 20.6 Å². The van der Waals surface area contributed by atoms with Gasteiger partial charge < -0.3 is 42.7 Å². The van der Waals surface area contributed by atoms with Crippen LogP contribution in [0.3, 0.4) is 0 Å². The molecule has 13 nitrogen and oxygen atoms in total. The van der Waals surface area contributed by atoms with Gasteiger partial charge in [-0.2, -0.15) is 0 Å². The average Bonchev–Trinajstić information content (AvgIpc) is 3.30. The maximum Gasteiger partial charge on any atom is 1.00 e. The van der Waals surface area contributed by atoms with Crippen molar-refractivity contribution in [1.29, 1.82) is 0 Å². The molecule has 0 bridgehead atoms. The van der Waals surface area contributed by atoms with Crippen LogP contribution in [0.2, 0.25) is 0 Å². The van der Waals surface area contributed by atoms with E-state index in [4.69, 9.17) is 9.47 Å². The van der Waals surface area contributed by atoms with Crippen molar-refractivity contribution in [2.75, 3.05) is 40.4 Å². The zero-order valence-electron chi connectivity index (χ0n) is 22.0. The van der Waals surface area contributed by atoms with Crippen LogP contribution in [0, 0.1) is 0 Å². The number of ketones is 1. The van der Waals surface area contributed by atoms with E-state index in [9.17, 15) is 28.7 Å². The molecule has 0 saturated carbocycles. The van der Waals surface area contributed by atoms with E-state index in [1.165, 1.54) is 31.5 Å². The zero-order chi connectivity index (χ0) is 26.7. The Labute approximate surface area is 268 Å². The molecule has 0 N–H and O–H groups in total. The maximum atomic E-state index is 13.4. The molecule has 3 aromatic rings. The number of aromatic nitrogens is 2. The number of benzene rings is 1. The summed E-state index contributed by atoms with van der Waals surface area (Å²) >= 11 is 0. The number of nitrogens with zero attached hydrogens (tertiary/aromatic N) is 4. The molecule has 0 spiro atoms. The SMILES string of the molecule is COc1cnc(OC)c2c1c(C(=O)C(=O)N1CCN(C(=O)c3ccccc3)CC1)cn2COP(=O)([O-])[O-].[Na+].[Na+]. The van der Waals surface area contributed by atoms with Crippen LogP contribution >= 0.6 is 7.82 Å². The van der Waals surface area contributed by atoms with Crippen LogP contribution < -0.4 is 78.4 Å². The fourth-order valence-electron chi connectivity index (χ4n) is 4.12. The Morgan fingerprint density at radius 2 is 1.59 bits per heavy atom. The molecule has 3 heterocycles. The number of Topliss-reactive ketones (excluding diaryl/α,β-unsaturated/α-hetero) is 1. The number of phosphoric acid groups is 1. The van der Waals surface area contributed by atoms with Gasteiger partial charge in [-0.05, 0) is 12.1 Å². The van der Waals surface area contributed by atoms with Gasteiger partial charge in [0, 0.05) is 37.9 Å². The minimum Gasteiger partial charge on any atom is -0.790 e. The van der Waals surface area contributed by atoms with Crippen LogP contribution in [0.5, 0.6) is 11.6 Å². The first-order valence-corrected chi connectivity index (χ1v) is 12.5. The molecule has 0 unspecified atom stereocenters. The third-order valence-corrected chi connectivity index (χ3v) is 6.34. The minimum absolute atomic E-state index is 0. The molecule has 0 atom stereocenters. The van der Waals surface area contributed by atoms with Gasteiger partial charge in [-0.1, -0.05) is 18.2 Å². The summed E-state index contributed by atoms with van der Waals surface area (Å²) in [6.45, 7) is -0.00394. The number of methoxy groups -OCH3 is 2. The van der Waals surface area contributed by atoms with Gasteiger partial charge in [-0.25, -0.2) is 4.98 Å². The summed E-state index contributed by atoms with van der Waals surface area (Å²) in [6, 6.07) is 8.75. The first kappa shape index (κ1) is 33.4. The van der Waals surface area contributed by atoms with Crippen LogP contribution in [0.15, 0.2) is 42.7 Å². The van der Waals surface area contributed by atoms with Crippen LogP contribution in [0.25, 0.3) is 10.9 Å². The number of hydrogen-bond donors (Lipinski definition) is 0. The summed E-state index contributed by atoms with van der Waals surface area (Å²) in [5.41, 5.74) is 0.518. The van der Waals surface area contributed by atoms with E-state index in [1.807, 2.05) is 6.07 Å². The van der Waals surface area contributed by atoms with Crippen molar-refractivity contribution in [3.63, 3.8) is 0 Å². The zero-order valence-corrected chi connectivity index (χ0v) is 26.9. The standard InChI is InChI=1S/C23H25N4O9P.2Na/c1-34-17-12-24-21(35-2)19-18(17)16(13-27(19)14-36-37(31,32)33)20(28)23(30)26-10-8-25(9-11-26)22(29)15-6-4-3-5-7-15;;/h3-7,12-13H,8-11,14H2,1-2H3,(H2,31,32,33);;/q;2*+1/p-2. The second kappa shape index (κ2) is 14.2. The molecule has 0 radical (unpaired) electrons.